The van der Waals surface area contributed by atoms with Crippen LogP contribution in [-0.2, 0) is 4.84 Å². The highest BCUT2D eigenvalue weighted by Crippen LogP contribution is 2.26. The van der Waals surface area contributed by atoms with Crippen molar-refractivity contribution in [3.8, 4) is 23.5 Å². The number of hydrogen-bond acceptors (Lipinski definition) is 7. The summed E-state index contributed by atoms with van der Waals surface area (Å²) in [4.78, 5) is 13.1. The number of nitrogens with zero attached hydrogens (tertiary/aromatic N) is 3. The summed E-state index contributed by atoms with van der Waals surface area (Å²) in [7, 11) is 4.51. The number of rotatable bonds is 6. The first kappa shape index (κ1) is 15.6. The maximum Gasteiger partial charge on any atom is 0.328 e. The van der Waals surface area contributed by atoms with Crippen LogP contribution in [0, 0.1) is 0 Å². The molecule has 22 heavy (non-hydrogen) atoms. The van der Waals surface area contributed by atoms with Gasteiger partial charge in [-0.3, -0.25) is 0 Å². The zero-order chi connectivity index (χ0) is 15.9. The third-order valence-electron chi connectivity index (χ3n) is 2.78. The van der Waals surface area contributed by atoms with Crippen LogP contribution in [-0.4, -0.2) is 37.0 Å². The van der Waals surface area contributed by atoms with Gasteiger partial charge in [0, 0.05) is 5.56 Å². The molecule has 0 aliphatic carbocycles. The Labute approximate surface area is 128 Å². The summed E-state index contributed by atoms with van der Waals surface area (Å²) in [5.74, 6) is 1.25. The van der Waals surface area contributed by atoms with E-state index in [0.717, 1.165) is 5.56 Å². The molecule has 7 nitrogen and oxygen atoms in total. The molecule has 1 aromatic heterocycles. The van der Waals surface area contributed by atoms with Gasteiger partial charge < -0.3 is 19.0 Å². The standard InChI is InChI=1S/C15H17N3O4/c1-10(18-21-4)11-7-5-6-8-12(11)22-15-16-13(19-2)9-14(17-15)20-3/h5-9H,1-4H3. The van der Waals surface area contributed by atoms with Gasteiger partial charge in [0.25, 0.3) is 0 Å². The highest BCUT2D eigenvalue weighted by atomic mass is 16.6. The Morgan fingerprint density at radius 3 is 2.23 bits per heavy atom. The Morgan fingerprint density at radius 1 is 1.00 bits per heavy atom. The van der Waals surface area contributed by atoms with E-state index in [1.165, 1.54) is 21.3 Å². The minimum Gasteiger partial charge on any atom is -0.481 e. The van der Waals surface area contributed by atoms with Crippen LogP contribution in [0.2, 0.25) is 0 Å². The molecule has 0 radical (unpaired) electrons. The number of oxime groups is 1. The smallest absolute Gasteiger partial charge is 0.328 e. The Kier molecular flexibility index (Phi) is 5.13. The highest BCUT2D eigenvalue weighted by molar-refractivity contribution is 6.00. The molecule has 0 unspecified atom stereocenters. The van der Waals surface area contributed by atoms with Gasteiger partial charge in [0.2, 0.25) is 11.8 Å². The minimum absolute atomic E-state index is 0.119. The van der Waals surface area contributed by atoms with E-state index < -0.39 is 0 Å². The van der Waals surface area contributed by atoms with Crippen LogP contribution in [0.1, 0.15) is 12.5 Å². The summed E-state index contributed by atoms with van der Waals surface area (Å²) in [5.41, 5.74) is 1.45. The van der Waals surface area contributed by atoms with Gasteiger partial charge in [-0.1, -0.05) is 17.3 Å². The lowest BCUT2D eigenvalue weighted by Crippen LogP contribution is -2.02. The lowest BCUT2D eigenvalue weighted by atomic mass is 10.1. The molecule has 2 rings (SSSR count). The second-order valence-corrected chi connectivity index (χ2v) is 4.19. The van der Waals surface area contributed by atoms with Crippen LogP contribution in [0.3, 0.4) is 0 Å². The highest BCUT2D eigenvalue weighted by Gasteiger charge is 2.12. The second-order valence-electron chi connectivity index (χ2n) is 4.19. The van der Waals surface area contributed by atoms with Crippen LogP contribution in [0.25, 0.3) is 0 Å². The molecule has 0 aliphatic rings. The topological polar surface area (TPSA) is 75.1 Å². The fraction of sp³-hybridized carbons (Fsp3) is 0.267. The van der Waals surface area contributed by atoms with Crippen molar-refractivity contribution in [1.29, 1.82) is 0 Å². The van der Waals surface area contributed by atoms with Gasteiger partial charge in [0.1, 0.15) is 12.9 Å². The molecular formula is C15H17N3O4. The van der Waals surface area contributed by atoms with Crippen LogP contribution < -0.4 is 14.2 Å². The third-order valence-corrected chi connectivity index (χ3v) is 2.78. The zero-order valence-corrected chi connectivity index (χ0v) is 12.9. The molecule has 0 aliphatic heterocycles. The average Bonchev–Trinajstić information content (AvgIpc) is 2.55. The van der Waals surface area contributed by atoms with Crippen molar-refractivity contribution in [3.05, 3.63) is 35.9 Å². The van der Waals surface area contributed by atoms with Gasteiger partial charge in [-0.2, -0.15) is 9.97 Å². The molecule has 0 N–H and O–H groups in total. The first-order valence-electron chi connectivity index (χ1n) is 6.50. The van der Waals surface area contributed by atoms with Crippen molar-refractivity contribution in [3.63, 3.8) is 0 Å². The largest absolute Gasteiger partial charge is 0.481 e. The van der Waals surface area contributed by atoms with Crippen LogP contribution in [0.5, 0.6) is 23.5 Å². The van der Waals surface area contributed by atoms with Gasteiger partial charge in [0.15, 0.2) is 0 Å². The first-order chi connectivity index (χ1) is 10.7. The van der Waals surface area contributed by atoms with E-state index in [2.05, 4.69) is 15.1 Å². The van der Waals surface area contributed by atoms with Crippen molar-refractivity contribution in [2.24, 2.45) is 5.16 Å². The Hall–Kier alpha value is -2.83. The molecule has 1 aromatic carbocycles. The predicted molar refractivity (Wildman–Crippen MR) is 80.9 cm³/mol. The van der Waals surface area contributed by atoms with E-state index in [4.69, 9.17) is 19.0 Å². The number of para-hydroxylation sites is 1. The van der Waals surface area contributed by atoms with E-state index in [1.54, 1.807) is 12.1 Å². The number of methoxy groups -OCH3 is 2. The van der Waals surface area contributed by atoms with Crippen LogP contribution >= 0.6 is 0 Å². The summed E-state index contributed by atoms with van der Waals surface area (Å²) in [5, 5.41) is 3.91. The molecule has 116 valence electrons. The SMILES string of the molecule is CON=C(C)c1ccccc1Oc1nc(OC)cc(OC)n1. The molecule has 7 heteroatoms. The molecule has 0 bridgehead atoms. The second kappa shape index (κ2) is 7.26. The molecule has 1 heterocycles. The Bertz CT molecular complexity index is 651. The van der Waals surface area contributed by atoms with E-state index >= 15 is 0 Å². The van der Waals surface area contributed by atoms with Crippen molar-refractivity contribution in [2.75, 3.05) is 21.3 Å². The molecule has 0 fully saturated rings. The van der Waals surface area contributed by atoms with Crippen molar-refractivity contribution < 1.29 is 19.0 Å². The lowest BCUT2D eigenvalue weighted by Gasteiger charge is -2.10. The summed E-state index contributed by atoms with van der Waals surface area (Å²) < 4.78 is 15.9. The molecular weight excluding hydrogens is 286 g/mol. The summed E-state index contributed by atoms with van der Waals surface area (Å²) in [6, 6.07) is 9.06. The normalized spacial score (nSPS) is 11.0. The van der Waals surface area contributed by atoms with E-state index in [1.807, 2.05) is 25.1 Å². The fourth-order valence-electron chi connectivity index (χ4n) is 1.78. The Morgan fingerprint density at radius 2 is 1.64 bits per heavy atom. The summed E-state index contributed by atoms with van der Waals surface area (Å²) in [6.45, 7) is 1.82. The van der Waals surface area contributed by atoms with E-state index in [0.29, 0.717) is 23.2 Å². The minimum atomic E-state index is 0.119. The number of aromatic nitrogens is 2. The third kappa shape index (κ3) is 3.63. The average molecular weight is 303 g/mol. The number of hydrogen-bond donors (Lipinski definition) is 0. The van der Waals surface area contributed by atoms with E-state index in [9.17, 15) is 0 Å². The maximum atomic E-state index is 5.74. The predicted octanol–water partition coefficient (Wildman–Crippen LogP) is 2.66. The quantitative estimate of drug-likeness (QED) is 0.603. The Balaban J connectivity index is 2.37. The van der Waals surface area contributed by atoms with Gasteiger partial charge in [0.05, 0.1) is 26.0 Å². The number of benzene rings is 1. The zero-order valence-electron chi connectivity index (χ0n) is 12.9. The van der Waals surface area contributed by atoms with E-state index in [-0.39, 0.29) is 6.01 Å². The first-order valence-corrected chi connectivity index (χ1v) is 6.50. The monoisotopic (exact) mass is 303 g/mol. The van der Waals surface area contributed by atoms with Crippen molar-refractivity contribution in [2.45, 2.75) is 6.92 Å². The molecule has 0 saturated carbocycles. The summed E-state index contributed by atoms with van der Waals surface area (Å²) >= 11 is 0. The van der Waals surface area contributed by atoms with Crippen LogP contribution in [0.4, 0.5) is 0 Å². The van der Waals surface area contributed by atoms with Gasteiger partial charge in [-0.15, -0.1) is 0 Å². The van der Waals surface area contributed by atoms with Gasteiger partial charge in [-0.05, 0) is 19.1 Å². The molecule has 0 amide bonds. The number of ether oxygens (including phenoxy) is 3. The van der Waals surface area contributed by atoms with Gasteiger partial charge >= 0.3 is 6.01 Å². The van der Waals surface area contributed by atoms with Crippen LogP contribution in [0.15, 0.2) is 35.5 Å². The van der Waals surface area contributed by atoms with Gasteiger partial charge in [-0.25, -0.2) is 0 Å². The molecule has 0 atom stereocenters. The maximum absolute atomic E-state index is 5.74. The molecule has 0 spiro atoms. The van der Waals surface area contributed by atoms with Crippen molar-refractivity contribution in [1.82, 2.24) is 9.97 Å². The molecule has 0 saturated heterocycles. The molecule has 2 aromatic rings. The summed E-state index contributed by atoms with van der Waals surface area (Å²) in [6.07, 6.45) is 0. The fourth-order valence-corrected chi connectivity index (χ4v) is 1.78. The lowest BCUT2D eigenvalue weighted by molar-refractivity contribution is 0.213. The van der Waals surface area contributed by atoms with Crippen molar-refractivity contribution >= 4 is 5.71 Å².